The lowest BCUT2D eigenvalue weighted by molar-refractivity contribution is 0.0377. The van der Waals surface area contributed by atoms with Gasteiger partial charge in [-0.15, -0.1) is 0 Å². The van der Waals surface area contributed by atoms with Crippen LogP contribution in [0.1, 0.15) is 28.7 Å². The number of ether oxygens (including phenoxy) is 1. The molecule has 1 aliphatic heterocycles. The van der Waals surface area contributed by atoms with Gasteiger partial charge in [0.2, 0.25) is 0 Å². The van der Waals surface area contributed by atoms with Gasteiger partial charge in [-0.1, -0.05) is 48.5 Å². The molecule has 1 heterocycles. The highest BCUT2D eigenvalue weighted by Crippen LogP contribution is 2.11. The third kappa shape index (κ3) is 6.44. The quantitative estimate of drug-likeness (QED) is 0.398. The molecule has 1 aliphatic rings. The Labute approximate surface area is 168 Å². The van der Waals surface area contributed by atoms with Crippen molar-refractivity contribution in [3.05, 3.63) is 70.8 Å². The van der Waals surface area contributed by atoms with Crippen molar-refractivity contribution < 1.29 is 4.74 Å². The summed E-state index contributed by atoms with van der Waals surface area (Å²) in [5.41, 5.74) is 16.6. The predicted octanol–water partition coefficient (Wildman–Crippen LogP) is 2.36. The molecule has 0 aromatic heterocycles. The van der Waals surface area contributed by atoms with E-state index >= 15 is 0 Å². The molecule has 2 aromatic carbocycles. The minimum Gasteiger partial charge on any atom is -0.384 e. The van der Waals surface area contributed by atoms with Crippen LogP contribution in [0, 0.1) is 0 Å². The molecule has 5 heteroatoms. The van der Waals surface area contributed by atoms with Crippen molar-refractivity contribution >= 4 is 5.84 Å². The van der Waals surface area contributed by atoms with Crippen LogP contribution < -0.4 is 11.5 Å². The van der Waals surface area contributed by atoms with Gasteiger partial charge in [-0.25, -0.2) is 0 Å². The minimum absolute atomic E-state index is 0.595. The second-order valence-electron chi connectivity index (χ2n) is 7.29. The molecule has 0 aliphatic carbocycles. The Morgan fingerprint density at radius 1 is 0.893 bits per heavy atom. The summed E-state index contributed by atoms with van der Waals surface area (Å²) in [6.07, 6.45) is 3.07. The number of aryl methyl sites for hydroxylation is 2. The minimum atomic E-state index is 0.595. The van der Waals surface area contributed by atoms with Gasteiger partial charge in [0.15, 0.2) is 0 Å². The van der Waals surface area contributed by atoms with Gasteiger partial charge in [-0.2, -0.15) is 0 Å². The van der Waals surface area contributed by atoms with Crippen LogP contribution in [0.25, 0.3) is 0 Å². The van der Waals surface area contributed by atoms with Crippen LogP contribution in [0.3, 0.4) is 0 Å². The third-order valence-electron chi connectivity index (χ3n) is 5.23. The molecule has 3 rings (SSSR count). The first kappa shape index (κ1) is 20.5. The molecule has 28 heavy (non-hydrogen) atoms. The van der Waals surface area contributed by atoms with Gasteiger partial charge >= 0.3 is 0 Å². The fourth-order valence-electron chi connectivity index (χ4n) is 3.38. The molecule has 0 saturated carbocycles. The Morgan fingerprint density at radius 3 is 2.07 bits per heavy atom. The van der Waals surface area contributed by atoms with E-state index in [1.165, 1.54) is 16.7 Å². The van der Waals surface area contributed by atoms with E-state index in [2.05, 4.69) is 58.4 Å². The van der Waals surface area contributed by atoms with Gasteiger partial charge in [-0.05, 0) is 36.0 Å². The lowest BCUT2D eigenvalue weighted by Crippen LogP contribution is -2.37. The van der Waals surface area contributed by atoms with Crippen LogP contribution in [0.2, 0.25) is 0 Å². The molecule has 0 atom stereocenters. The van der Waals surface area contributed by atoms with E-state index in [9.17, 15) is 0 Å². The first-order chi connectivity index (χ1) is 13.7. The Kier molecular flexibility index (Phi) is 8.03. The molecule has 5 nitrogen and oxygen atoms in total. The first-order valence-corrected chi connectivity index (χ1v) is 10.2. The van der Waals surface area contributed by atoms with E-state index in [4.69, 9.17) is 16.2 Å². The highest BCUT2D eigenvalue weighted by atomic mass is 16.5. The zero-order valence-corrected chi connectivity index (χ0v) is 16.6. The monoisotopic (exact) mass is 380 g/mol. The zero-order valence-electron chi connectivity index (χ0n) is 16.6. The fourth-order valence-corrected chi connectivity index (χ4v) is 3.38. The van der Waals surface area contributed by atoms with Gasteiger partial charge in [0, 0.05) is 38.3 Å². The molecule has 0 unspecified atom stereocenters. The molecule has 2 aromatic rings. The smallest absolute Gasteiger partial charge is 0.125 e. The van der Waals surface area contributed by atoms with Gasteiger partial charge in [-0.3, -0.25) is 9.89 Å². The maximum Gasteiger partial charge on any atom is 0.125 e. The summed E-state index contributed by atoms with van der Waals surface area (Å²) >= 11 is 0. The number of morpholine rings is 1. The fraction of sp³-hybridized carbons (Fsp3) is 0.435. The average Bonchev–Trinajstić information content (AvgIpc) is 2.76. The number of hydrogen-bond acceptors (Lipinski definition) is 4. The van der Waals surface area contributed by atoms with Crippen molar-refractivity contribution in [2.75, 3.05) is 39.4 Å². The zero-order chi connectivity index (χ0) is 19.6. The van der Waals surface area contributed by atoms with Crippen molar-refractivity contribution in [1.82, 2.24) is 4.90 Å². The van der Waals surface area contributed by atoms with E-state index in [0.29, 0.717) is 12.4 Å². The normalized spacial score (nSPS) is 15.7. The molecule has 0 radical (unpaired) electrons. The summed E-state index contributed by atoms with van der Waals surface area (Å²) in [4.78, 5) is 6.97. The largest absolute Gasteiger partial charge is 0.384 e. The summed E-state index contributed by atoms with van der Waals surface area (Å²) in [5, 5.41) is 0. The molecular formula is C23H32N4O. The second kappa shape index (κ2) is 11.0. The van der Waals surface area contributed by atoms with Gasteiger partial charge in [0.05, 0.1) is 13.2 Å². The number of rotatable bonds is 9. The van der Waals surface area contributed by atoms with Crippen molar-refractivity contribution in [2.24, 2.45) is 16.5 Å². The first-order valence-electron chi connectivity index (χ1n) is 10.2. The summed E-state index contributed by atoms with van der Waals surface area (Å²) in [6.45, 7) is 6.16. The number of nitrogens with zero attached hydrogens (tertiary/aromatic N) is 2. The maximum absolute atomic E-state index is 6.16. The average molecular weight is 381 g/mol. The van der Waals surface area contributed by atoms with Crippen LogP contribution in [-0.2, 0) is 24.1 Å². The number of aliphatic imine (C=N–C) groups is 1. The van der Waals surface area contributed by atoms with Crippen LogP contribution in [-0.4, -0.2) is 50.1 Å². The van der Waals surface area contributed by atoms with Crippen LogP contribution in [0.5, 0.6) is 0 Å². The summed E-state index contributed by atoms with van der Waals surface area (Å²) in [5.74, 6) is 0.630. The standard InChI is InChI=1S/C23H32N4O/c24-18-21-6-4-19(5-7-21)2-3-20-8-10-22(11-9-20)23(25)26-12-1-13-27-14-16-28-17-15-27/h4-11H,1-3,12-18,24H2,(H2,25,26). The predicted molar refractivity (Wildman–Crippen MR) is 116 cm³/mol. The summed E-state index contributed by atoms with van der Waals surface area (Å²) in [7, 11) is 0. The maximum atomic E-state index is 6.16. The van der Waals surface area contributed by atoms with Gasteiger partial charge < -0.3 is 16.2 Å². The molecule has 1 fully saturated rings. The van der Waals surface area contributed by atoms with Crippen LogP contribution in [0.4, 0.5) is 0 Å². The molecular weight excluding hydrogens is 348 g/mol. The Morgan fingerprint density at radius 2 is 1.46 bits per heavy atom. The SMILES string of the molecule is NCc1ccc(CCc2ccc(C(N)=NCCCN3CCOCC3)cc2)cc1. The van der Waals surface area contributed by atoms with Crippen molar-refractivity contribution in [3.8, 4) is 0 Å². The molecule has 150 valence electrons. The number of benzene rings is 2. The second-order valence-corrected chi connectivity index (χ2v) is 7.29. The van der Waals surface area contributed by atoms with E-state index in [-0.39, 0.29) is 0 Å². The summed E-state index contributed by atoms with van der Waals surface area (Å²) in [6, 6.07) is 17.0. The van der Waals surface area contributed by atoms with Crippen molar-refractivity contribution in [1.29, 1.82) is 0 Å². The summed E-state index contributed by atoms with van der Waals surface area (Å²) < 4.78 is 5.37. The Balaban J connectivity index is 1.43. The molecule has 1 saturated heterocycles. The number of hydrogen-bond donors (Lipinski definition) is 2. The molecule has 0 spiro atoms. The van der Waals surface area contributed by atoms with Crippen molar-refractivity contribution in [3.63, 3.8) is 0 Å². The van der Waals surface area contributed by atoms with Gasteiger partial charge in [0.1, 0.15) is 5.84 Å². The van der Waals surface area contributed by atoms with Crippen LogP contribution in [0.15, 0.2) is 53.5 Å². The molecule has 0 bridgehead atoms. The highest BCUT2D eigenvalue weighted by molar-refractivity contribution is 5.97. The molecule has 0 amide bonds. The number of nitrogens with two attached hydrogens (primary N) is 2. The van der Waals surface area contributed by atoms with Crippen LogP contribution >= 0.6 is 0 Å². The topological polar surface area (TPSA) is 76.9 Å². The van der Waals surface area contributed by atoms with E-state index in [0.717, 1.165) is 64.2 Å². The third-order valence-corrected chi connectivity index (χ3v) is 5.23. The Hall–Kier alpha value is -2.21. The molecule has 4 N–H and O–H groups in total. The van der Waals surface area contributed by atoms with E-state index in [1.807, 2.05) is 0 Å². The van der Waals surface area contributed by atoms with E-state index < -0.39 is 0 Å². The number of amidine groups is 1. The lowest BCUT2D eigenvalue weighted by Gasteiger charge is -2.26. The lowest BCUT2D eigenvalue weighted by atomic mass is 10.0. The van der Waals surface area contributed by atoms with Gasteiger partial charge in [0.25, 0.3) is 0 Å². The van der Waals surface area contributed by atoms with Crippen molar-refractivity contribution in [2.45, 2.75) is 25.8 Å². The van der Waals surface area contributed by atoms with E-state index in [1.54, 1.807) is 0 Å². The highest BCUT2D eigenvalue weighted by Gasteiger charge is 2.09. The Bertz CT molecular complexity index is 734.